The molecule has 4 rings (SSSR count). The molecule has 0 spiro atoms. The Morgan fingerprint density at radius 1 is 0.765 bits per heavy atom. The van der Waals surface area contributed by atoms with Crippen molar-refractivity contribution in [3.63, 3.8) is 0 Å². The molecule has 0 fully saturated rings. The quantitative estimate of drug-likeness (QED) is 0.198. The zero-order valence-electron chi connectivity index (χ0n) is 18.4. The third-order valence-corrected chi connectivity index (χ3v) is 5.68. The maximum atomic E-state index is 13.7. The third kappa shape index (κ3) is 4.72. The molecule has 0 aliphatic rings. The van der Waals surface area contributed by atoms with Crippen molar-refractivity contribution in [2.45, 2.75) is 6.92 Å². The van der Waals surface area contributed by atoms with Crippen LogP contribution in [0.4, 0.5) is 0 Å². The number of benzene rings is 3. The minimum atomic E-state index is -0.658. The van der Waals surface area contributed by atoms with Gasteiger partial charge in [0.15, 0.2) is 5.78 Å². The summed E-state index contributed by atoms with van der Waals surface area (Å²) >= 11 is 12.1. The number of rotatable bonds is 7. The van der Waals surface area contributed by atoms with E-state index in [4.69, 9.17) is 37.1 Å². The number of furan rings is 1. The zero-order valence-corrected chi connectivity index (χ0v) is 19.9. The second-order valence-electron chi connectivity index (χ2n) is 7.30. The second kappa shape index (κ2) is 10.2. The van der Waals surface area contributed by atoms with Crippen molar-refractivity contribution in [3.05, 3.63) is 99.5 Å². The Morgan fingerprint density at radius 2 is 1.26 bits per heavy atom. The average Bonchev–Trinajstić information content (AvgIpc) is 3.25. The minimum Gasteiger partial charge on any atom is -0.497 e. The summed E-state index contributed by atoms with van der Waals surface area (Å²) in [5, 5.41) is 1.02. The number of hydrogen-bond donors (Lipinski definition) is 0. The van der Waals surface area contributed by atoms with Gasteiger partial charge in [0.25, 0.3) is 0 Å². The van der Waals surface area contributed by atoms with Crippen LogP contribution in [0.2, 0.25) is 10.0 Å². The van der Waals surface area contributed by atoms with Crippen molar-refractivity contribution in [2.24, 2.45) is 0 Å². The van der Waals surface area contributed by atoms with Crippen LogP contribution in [-0.4, -0.2) is 25.5 Å². The molecule has 1 heterocycles. The number of ether oxygens (including phenoxy) is 2. The summed E-state index contributed by atoms with van der Waals surface area (Å²) in [5.41, 5.74) is 1.69. The van der Waals surface area contributed by atoms with Gasteiger partial charge in [-0.15, -0.1) is 0 Å². The van der Waals surface area contributed by atoms with Crippen LogP contribution in [0.15, 0.2) is 77.2 Å². The van der Waals surface area contributed by atoms with Crippen molar-refractivity contribution >= 4 is 35.0 Å². The molecule has 0 saturated carbocycles. The molecule has 5 nitrogen and oxygen atoms in total. The fraction of sp³-hybridized carbons (Fsp3) is 0.111. The van der Waals surface area contributed by atoms with E-state index < -0.39 is 11.8 Å². The van der Waals surface area contributed by atoms with E-state index in [9.17, 15) is 9.59 Å². The van der Waals surface area contributed by atoms with E-state index in [-0.39, 0.29) is 29.3 Å². The number of hydrogen-bond acceptors (Lipinski definition) is 5. The largest absolute Gasteiger partial charge is 0.497 e. The summed E-state index contributed by atoms with van der Waals surface area (Å²) in [5.74, 6) is 0.0556. The minimum absolute atomic E-state index is 0.0527. The number of carbonyl (C=O) groups excluding carboxylic acids is 2. The Hall–Kier alpha value is -3.54. The first-order valence-electron chi connectivity index (χ1n) is 10.5. The fourth-order valence-electron chi connectivity index (χ4n) is 3.54. The fourth-order valence-corrected chi connectivity index (χ4v) is 3.79. The summed E-state index contributed by atoms with van der Waals surface area (Å²) in [6.45, 7) is 1.84. The normalized spacial score (nSPS) is 10.7. The highest BCUT2D eigenvalue weighted by atomic mass is 35.5. The van der Waals surface area contributed by atoms with Crippen LogP contribution in [0.3, 0.4) is 0 Å². The Kier molecular flexibility index (Phi) is 7.06. The molecule has 7 heteroatoms. The molecule has 4 aromatic rings. The van der Waals surface area contributed by atoms with Gasteiger partial charge < -0.3 is 13.9 Å². The molecular weight excluding hydrogens is 475 g/mol. The number of halogens is 2. The molecule has 0 N–H and O–H groups in total. The third-order valence-electron chi connectivity index (χ3n) is 5.18. The van der Waals surface area contributed by atoms with Crippen LogP contribution in [-0.2, 0) is 4.74 Å². The van der Waals surface area contributed by atoms with Crippen LogP contribution in [0.5, 0.6) is 5.75 Å². The van der Waals surface area contributed by atoms with Gasteiger partial charge in [-0.3, -0.25) is 4.79 Å². The van der Waals surface area contributed by atoms with E-state index in [0.717, 1.165) is 0 Å². The highest BCUT2D eigenvalue weighted by Crippen LogP contribution is 2.40. The molecule has 0 aliphatic carbocycles. The highest BCUT2D eigenvalue weighted by Gasteiger charge is 2.33. The standard InChI is InChI=1S/C27H20Cl2O5/c1-3-33-27(31)23-22(24(30)16-4-10-19(28)11-5-16)25(17-6-12-20(29)13-7-17)34-26(23)18-8-14-21(32-2)15-9-18/h4-15H,3H2,1-2H3. The number of carbonyl (C=O) groups is 2. The molecule has 0 atom stereocenters. The summed E-state index contributed by atoms with van der Waals surface area (Å²) in [4.78, 5) is 26.9. The lowest BCUT2D eigenvalue weighted by Crippen LogP contribution is -2.12. The van der Waals surface area contributed by atoms with Crippen molar-refractivity contribution < 1.29 is 23.5 Å². The monoisotopic (exact) mass is 494 g/mol. The van der Waals surface area contributed by atoms with Crippen LogP contribution < -0.4 is 4.74 Å². The molecule has 172 valence electrons. The zero-order chi connectivity index (χ0) is 24.2. The van der Waals surface area contributed by atoms with E-state index in [0.29, 0.717) is 32.5 Å². The maximum Gasteiger partial charge on any atom is 0.342 e. The molecule has 34 heavy (non-hydrogen) atoms. The van der Waals surface area contributed by atoms with Gasteiger partial charge in [0.2, 0.25) is 0 Å². The van der Waals surface area contributed by atoms with Gasteiger partial charge in [0.05, 0.1) is 19.3 Å². The van der Waals surface area contributed by atoms with E-state index in [2.05, 4.69) is 0 Å². The van der Waals surface area contributed by atoms with Crippen LogP contribution in [0, 0.1) is 0 Å². The SMILES string of the molecule is CCOC(=O)c1c(-c2ccc(OC)cc2)oc(-c2ccc(Cl)cc2)c1C(=O)c1ccc(Cl)cc1. The van der Waals surface area contributed by atoms with Crippen LogP contribution in [0.1, 0.15) is 33.2 Å². The van der Waals surface area contributed by atoms with Gasteiger partial charge >= 0.3 is 5.97 Å². The van der Waals surface area contributed by atoms with Crippen molar-refractivity contribution in [3.8, 4) is 28.4 Å². The van der Waals surface area contributed by atoms with Gasteiger partial charge in [-0.1, -0.05) is 23.2 Å². The molecule has 0 radical (unpaired) electrons. The molecular formula is C27H20Cl2O5. The van der Waals surface area contributed by atoms with Gasteiger partial charge in [0, 0.05) is 26.7 Å². The van der Waals surface area contributed by atoms with Crippen LogP contribution in [0.25, 0.3) is 22.6 Å². The second-order valence-corrected chi connectivity index (χ2v) is 8.18. The van der Waals surface area contributed by atoms with E-state index >= 15 is 0 Å². The lowest BCUT2D eigenvalue weighted by atomic mass is 9.95. The predicted molar refractivity (Wildman–Crippen MR) is 132 cm³/mol. The first kappa shape index (κ1) is 23.6. The van der Waals surface area contributed by atoms with E-state index in [1.54, 1.807) is 86.8 Å². The highest BCUT2D eigenvalue weighted by molar-refractivity contribution is 6.31. The first-order chi connectivity index (χ1) is 16.4. The number of methoxy groups -OCH3 is 1. The Bertz CT molecular complexity index is 1320. The van der Waals surface area contributed by atoms with E-state index in [1.807, 2.05) is 0 Å². The van der Waals surface area contributed by atoms with Gasteiger partial charge in [-0.05, 0) is 79.7 Å². The van der Waals surface area contributed by atoms with Crippen molar-refractivity contribution in [2.75, 3.05) is 13.7 Å². The lowest BCUT2D eigenvalue weighted by Gasteiger charge is -2.07. The molecule has 0 aliphatic heterocycles. The van der Waals surface area contributed by atoms with Crippen LogP contribution >= 0.6 is 23.2 Å². The summed E-state index contributed by atoms with van der Waals surface area (Å²) in [6.07, 6.45) is 0. The Morgan fingerprint density at radius 3 is 1.79 bits per heavy atom. The summed E-state index contributed by atoms with van der Waals surface area (Å²) in [6, 6.07) is 20.3. The smallest absolute Gasteiger partial charge is 0.342 e. The topological polar surface area (TPSA) is 65.7 Å². The van der Waals surface area contributed by atoms with Gasteiger partial charge in [-0.2, -0.15) is 0 Å². The molecule has 0 bridgehead atoms. The van der Waals surface area contributed by atoms with E-state index in [1.165, 1.54) is 0 Å². The number of ketones is 1. The Labute approximate surface area is 206 Å². The van der Waals surface area contributed by atoms with Crippen molar-refractivity contribution in [1.82, 2.24) is 0 Å². The van der Waals surface area contributed by atoms with Crippen molar-refractivity contribution in [1.29, 1.82) is 0 Å². The molecule has 1 aromatic heterocycles. The summed E-state index contributed by atoms with van der Waals surface area (Å²) in [7, 11) is 1.56. The molecule has 3 aromatic carbocycles. The average molecular weight is 495 g/mol. The predicted octanol–water partition coefficient (Wildman–Crippen LogP) is 7.34. The molecule has 0 unspecified atom stereocenters. The number of esters is 1. The lowest BCUT2D eigenvalue weighted by molar-refractivity contribution is 0.0524. The first-order valence-corrected chi connectivity index (χ1v) is 11.2. The summed E-state index contributed by atoms with van der Waals surface area (Å²) < 4.78 is 16.8. The maximum absolute atomic E-state index is 13.7. The van der Waals surface area contributed by atoms with Gasteiger partial charge in [0.1, 0.15) is 22.8 Å². The van der Waals surface area contributed by atoms with Gasteiger partial charge in [-0.25, -0.2) is 4.79 Å². The Balaban J connectivity index is 2.00. The molecule has 0 amide bonds. The molecule has 0 saturated heterocycles.